The molecule has 4 heteroatoms. The summed E-state index contributed by atoms with van der Waals surface area (Å²) in [6.45, 7) is 6.99. The Hall–Kier alpha value is -1.81. The Labute approximate surface area is 120 Å². The first kappa shape index (κ1) is 14.6. The topological polar surface area (TPSA) is 60.2 Å². The molecular weight excluding hydrogens is 250 g/mol. The lowest BCUT2D eigenvalue weighted by molar-refractivity contribution is 0.382. The molecule has 0 amide bonds. The molecule has 3 N–H and O–H groups in total. The summed E-state index contributed by atoms with van der Waals surface area (Å²) in [6.07, 6.45) is 1.81. The van der Waals surface area contributed by atoms with Crippen LogP contribution in [-0.4, -0.2) is 24.2 Å². The Morgan fingerprint density at radius 2 is 2.10 bits per heavy atom. The molecule has 0 saturated carbocycles. The quantitative estimate of drug-likeness (QED) is 0.879. The van der Waals surface area contributed by atoms with Gasteiger partial charge in [-0.3, -0.25) is 0 Å². The molecule has 20 heavy (non-hydrogen) atoms. The summed E-state index contributed by atoms with van der Waals surface area (Å²) in [4.78, 5) is 4.48. The van der Waals surface area contributed by atoms with Gasteiger partial charge in [-0.15, -0.1) is 0 Å². The molecule has 0 fully saturated rings. The van der Waals surface area contributed by atoms with E-state index in [1.165, 1.54) is 0 Å². The van der Waals surface area contributed by atoms with Crippen LogP contribution in [0.4, 0.5) is 5.82 Å². The van der Waals surface area contributed by atoms with Crippen molar-refractivity contribution in [2.45, 2.75) is 26.3 Å². The van der Waals surface area contributed by atoms with E-state index in [2.05, 4.69) is 31.1 Å². The summed E-state index contributed by atoms with van der Waals surface area (Å²) in [5.41, 5.74) is 5.75. The van der Waals surface area contributed by atoms with Crippen molar-refractivity contribution < 1.29 is 4.74 Å². The van der Waals surface area contributed by atoms with Crippen LogP contribution < -0.4 is 15.8 Å². The lowest BCUT2D eigenvalue weighted by Crippen LogP contribution is -2.47. The molecule has 0 bridgehead atoms. The lowest BCUT2D eigenvalue weighted by Gasteiger charge is -2.34. The standard InChI is InChI=1S/C16H23N3O/c1-11(2)16(3,10-17)19-15-14-9-13(20-4)6-5-12(14)7-8-18-15/h5-9,11H,10,17H2,1-4H3,(H,18,19). The molecule has 4 nitrogen and oxygen atoms in total. The van der Waals surface area contributed by atoms with Gasteiger partial charge >= 0.3 is 0 Å². The van der Waals surface area contributed by atoms with Crippen LogP contribution in [-0.2, 0) is 0 Å². The molecule has 1 aromatic heterocycles. The average Bonchev–Trinajstić information content (AvgIpc) is 2.46. The van der Waals surface area contributed by atoms with Gasteiger partial charge in [0.15, 0.2) is 0 Å². The molecule has 0 aliphatic heterocycles. The number of methoxy groups -OCH3 is 1. The molecule has 0 aliphatic carbocycles. The number of hydrogen-bond donors (Lipinski definition) is 2. The van der Waals surface area contributed by atoms with Crippen molar-refractivity contribution in [3.63, 3.8) is 0 Å². The van der Waals surface area contributed by atoms with Crippen molar-refractivity contribution >= 4 is 16.6 Å². The van der Waals surface area contributed by atoms with Gasteiger partial charge in [-0.25, -0.2) is 4.98 Å². The summed E-state index contributed by atoms with van der Waals surface area (Å²) in [6, 6.07) is 7.99. The number of anilines is 1. The minimum absolute atomic E-state index is 0.190. The molecule has 1 unspecified atom stereocenters. The van der Waals surface area contributed by atoms with Crippen molar-refractivity contribution in [2.75, 3.05) is 19.0 Å². The molecule has 108 valence electrons. The van der Waals surface area contributed by atoms with Crippen molar-refractivity contribution in [2.24, 2.45) is 11.7 Å². The summed E-state index contributed by atoms with van der Waals surface area (Å²) in [7, 11) is 1.67. The van der Waals surface area contributed by atoms with Crippen LogP contribution in [0.5, 0.6) is 5.75 Å². The molecular formula is C16H23N3O. The van der Waals surface area contributed by atoms with Crippen LogP contribution in [0.1, 0.15) is 20.8 Å². The zero-order valence-electron chi connectivity index (χ0n) is 12.6. The second-order valence-corrected chi connectivity index (χ2v) is 5.65. The number of nitrogens with one attached hydrogen (secondary N) is 1. The second-order valence-electron chi connectivity index (χ2n) is 5.65. The highest BCUT2D eigenvalue weighted by Crippen LogP contribution is 2.29. The van der Waals surface area contributed by atoms with Crippen molar-refractivity contribution in [1.29, 1.82) is 0 Å². The van der Waals surface area contributed by atoms with E-state index >= 15 is 0 Å². The van der Waals surface area contributed by atoms with Crippen molar-refractivity contribution in [3.05, 3.63) is 30.5 Å². The molecule has 1 heterocycles. The first-order chi connectivity index (χ1) is 9.50. The number of nitrogens with zero attached hydrogens (tertiary/aromatic N) is 1. The number of rotatable bonds is 5. The van der Waals surface area contributed by atoms with Gasteiger partial charge in [0.2, 0.25) is 0 Å². The molecule has 2 aromatic rings. The fourth-order valence-electron chi connectivity index (χ4n) is 2.08. The zero-order chi connectivity index (χ0) is 14.8. The van der Waals surface area contributed by atoms with Gasteiger partial charge in [-0.1, -0.05) is 19.9 Å². The molecule has 0 spiro atoms. The third-order valence-electron chi connectivity index (χ3n) is 4.08. The molecule has 0 radical (unpaired) electrons. The Balaban J connectivity index is 2.48. The van der Waals surface area contributed by atoms with E-state index < -0.39 is 0 Å². The largest absolute Gasteiger partial charge is 0.497 e. The number of nitrogens with two attached hydrogens (primary N) is 1. The van der Waals surface area contributed by atoms with Gasteiger partial charge in [0.05, 0.1) is 12.6 Å². The lowest BCUT2D eigenvalue weighted by atomic mass is 9.88. The van der Waals surface area contributed by atoms with Crippen LogP contribution in [0.15, 0.2) is 30.5 Å². The molecule has 2 rings (SSSR count). The van der Waals surface area contributed by atoms with Gasteiger partial charge in [0.1, 0.15) is 11.6 Å². The third kappa shape index (κ3) is 2.70. The number of pyridine rings is 1. The van der Waals surface area contributed by atoms with E-state index in [0.29, 0.717) is 12.5 Å². The van der Waals surface area contributed by atoms with E-state index in [9.17, 15) is 0 Å². The number of benzene rings is 1. The van der Waals surface area contributed by atoms with Crippen LogP contribution >= 0.6 is 0 Å². The molecule has 1 aromatic carbocycles. The summed E-state index contributed by atoms with van der Waals surface area (Å²) in [5.74, 6) is 2.07. The second kappa shape index (κ2) is 5.67. The Kier molecular flexibility index (Phi) is 4.14. The fraction of sp³-hybridized carbons (Fsp3) is 0.438. The summed E-state index contributed by atoms with van der Waals surface area (Å²) in [5, 5.41) is 5.69. The van der Waals surface area contributed by atoms with Crippen LogP contribution in [0.25, 0.3) is 10.8 Å². The maximum atomic E-state index is 5.94. The first-order valence-corrected chi connectivity index (χ1v) is 6.91. The Bertz CT molecular complexity index is 597. The van der Waals surface area contributed by atoms with Gasteiger partial charge < -0.3 is 15.8 Å². The summed E-state index contributed by atoms with van der Waals surface area (Å²) >= 11 is 0. The van der Waals surface area contributed by atoms with Gasteiger partial charge in [-0.05, 0) is 36.4 Å². The average molecular weight is 273 g/mol. The maximum absolute atomic E-state index is 5.94. The van der Waals surface area contributed by atoms with E-state index in [1.54, 1.807) is 7.11 Å². The van der Waals surface area contributed by atoms with Crippen LogP contribution in [0.2, 0.25) is 0 Å². The monoisotopic (exact) mass is 273 g/mol. The van der Waals surface area contributed by atoms with Gasteiger partial charge in [0.25, 0.3) is 0 Å². The van der Waals surface area contributed by atoms with Crippen LogP contribution in [0, 0.1) is 5.92 Å². The highest BCUT2D eigenvalue weighted by molar-refractivity contribution is 5.93. The van der Waals surface area contributed by atoms with E-state index in [0.717, 1.165) is 22.3 Å². The van der Waals surface area contributed by atoms with E-state index in [4.69, 9.17) is 10.5 Å². The van der Waals surface area contributed by atoms with E-state index in [-0.39, 0.29) is 5.54 Å². The number of fused-ring (bicyclic) bond motifs is 1. The number of ether oxygens (including phenoxy) is 1. The van der Waals surface area contributed by atoms with Crippen LogP contribution in [0.3, 0.4) is 0 Å². The number of aromatic nitrogens is 1. The highest BCUT2D eigenvalue weighted by Gasteiger charge is 2.27. The normalized spacial score (nSPS) is 14.3. The van der Waals surface area contributed by atoms with E-state index in [1.807, 2.05) is 30.5 Å². The predicted molar refractivity (Wildman–Crippen MR) is 84.2 cm³/mol. The van der Waals surface area contributed by atoms with Crippen molar-refractivity contribution in [3.8, 4) is 5.75 Å². The minimum atomic E-state index is -0.190. The minimum Gasteiger partial charge on any atom is -0.497 e. The smallest absolute Gasteiger partial charge is 0.134 e. The molecule has 1 atom stereocenters. The number of hydrogen-bond acceptors (Lipinski definition) is 4. The fourth-order valence-corrected chi connectivity index (χ4v) is 2.08. The van der Waals surface area contributed by atoms with Gasteiger partial charge in [-0.2, -0.15) is 0 Å². The Morgan fingerprint density at radius 1 is 1.35 bits per heavy atom. The predicted octanol–water partition coefficient (Wildman–Crippen LogP) is 3.03. The molecule has 0 saturated heterocycles. The first-order valence-electron chi connectivity index (χ1n) is 6.91. The molecule has 0 aliphatic rings. The highest BCUT2D eigenvalue weighted by atomic mass is 16.5. The Morgan fingerprint density at radius 3 is 2.70 bits per heavy atom. The summed E-state index contributed by atoms with van der Waals surface area (Å²) < 4.78 is 5.30. The maximum Gasteiger partial charge on any atom is 0.134 e. The van der Waals surface area contributed by atoms with Gasteiger partial charge in [0, 0.05) is 18.1 Å². The third-order valence-corrected chi connectivity index (χ3v) is 4.08. The zero-order valence-corrected chi connectivity index (χ0v) is 12.6. The van der Waals surface area contributed by atoms with Crippen molar-refractivity contribution in [1.82, 2.24) is 4.98 Å². The SMILES string of the molecule is COc1ccc2ccnc(NC(C)(CN)C(C)C)c2c1.